The predicted molar refractivity (Wildman–Crippen MR) is 115 cm³/mol. The van der Waals surface area contributed by atoms with Gasteiger partial charge in [-0.05, 0) is 56.4 Å². The van der Waals surface area contributed by atoms with E-state index in [1.165, 1.54) is 17.0 Å². The third kappa shape index (κ3) is 4.37. The molecule has 4 rings (SSSR count). The number of imide groups is 1. The lowest BCUT2D eigenvalue weighted by Crippen LogP contribution is -2.54. The van der Waals surface area contributed by atoms with Crippen molar-refractivity contribution in [1.82, 2.24) is 24.9 Å². The van der Waals surface area contributed by atoms with Crippen LogP contribution in [-0.4, -0.2) is 56.1 Å². The molecule has 0 bridgehead atoms. The van der Waals surface area contributed by atoms with Crippen LogP contribution < -0.4 is 5.32 Å². The predicted octanol–water partition coefficient (Wildman–Crippen LogP) is 2.47. The molecule has 3 heterocycles. The van der Waals surface area contributed by atoms with Crippen molar-refractivity contribution in [3.8, 4) is 0 Å². The summed E-state index contributed by atoms with van der Waals surface area (Å²) in [5.41, 5.74) is 0.606. The summed E-state index contributed by atoms with van der Waals surface area (Å²) in [6.45, 7) is 5.42. The summed E-state index contributed by atoms with van der Waals surface area (Å²) in [6, 6.07) is 7.24. The summed E-state index contributed by atoms with van der Waals surface area (Å²) in [7, 11) is 0. The normalized spacial score (nSPS) is 21.8. The first-order chi connectivity index (χ1) is 15.3. The van der Waals surface area contributed by atoms with Crippen molar-refractivity contribution >= 4 is 17.8 Å². The number of hydrogen-bond acceptors (Lipinski definition) is 4. The molecular weight excluding hydrogens is 413 g/mol. The van der Waals surface area contributed by atoms with E-state index >= 15 is 0 Å². The van der Waals surface area contributed by atoms with Crippen molar-refractivity contribution in [2.45, 2.75) is 51.7 Å². The summed E-state index contributed by atoms with van der Waals surface area (Å²) in [4.78, 5) is 41.3. The zero-order valence-electron chi connectivity index (χ0n) is 18.4. The zero-order chi connectivity index (χ0) is 22.9. The second-order valence-electron chi connectivity index (χ2n) is 8.78. The molecule has 2 aromatic rings. The fourth-order valence-corrected chi connectivity index (χ4v) is 4.57. The fourth-order valence-electron chi connectivity index (χ4n) is 4.57. The maximum atomic E-state index is 13.2. The molecule has 1 aromatic carbocycles. The Morgan fingerprint density at radius 3 is 2.50 bits per heavy atom. The van der Waals surface area contributed by atoms with Crippen molar-refractivity contribution in [3.63, 3.8) is 0 Å². The Labute approximate surface area is 186 Å². The van der Waals surface area contributed by atoms with Crippen molar-refractivity contribution in [2.24, 2.45) is 5.92 Å². The molecule has 2 aliphatic heterocycles. The number of aromatic nitrogens is 2. The smallest absolute Gasteiger partial charge is 0.325 e. The van der Waals surface area contributed by atoms with Crippen LogP contribution >= 0.6 is 0 Å². The Bertz CT molecular complexity index is 1010. The van der Waals surface area contributed by atoms with Crippen LogP contribution in [0.5, 0.6) is 0 Å². The highest BCUT2D eigenvalue weighted by atomic mass is 19.1. The van der Waals surface area contributed by atoms with E-state index in [-0.39, 0.29) is 30.1 Å². The maximum absolute atomic E-state index is 13.2. The third-order valence-electron chi connectivity index (χ3n) is 6.55. The van der Waals surface area contributed by atoms with Crippen LogP contribution in [0.15, 0.2) is 36.5 Å². The van der Waals surface area contributed by atoms with Gasteiger partial charge in [0.15, 0.2) is 0 Å². The molecule has 4 amide bonds. The minimum atomic E-state index is -1.00. The molecule has 0 spiro atoms. The van der Waals surface area contributed by atoms with Crippen molar-refractivity contribution < 1.29 is 18.8 Å². The van der Waals surface area contributed by atoms with Crippen LogP contribution in [0, 0.1) is 18.7 Å². The van der Waals surface area contributed by atoms with Gasteiger partial charge in [0.2, 0.25) is 5.91 Å². The van der Waals surface area contributed by atoms with Crippen molar-refractivity contribution in [2.75, 3.05) is 13.1 Å². The second-order valence-corrected chi connectivity index (χ2v) is 8.78. The molecule has 1 aromatic heterocycles. The molecule has 2 fully saturated rings. The maximum Gasteiger partial charge on any atom is 0.325 e. The lowest BCUT2D eigenvalue weighted by atomic mass is 9.79. The standard InChI is InChI=1S/C23H28FN5O3/c1-16-7-13-28(26-16)14-10-20(30)27-11-8-18(9-12-27)23(2)21(31)29(22(32)25-23)15-17-3-5-19(24)6-4-17/h3-7,13,18H,8-12,14-15H2,1-2H3,(H,25,32)/t23-/m0/s1. The van der Waals surface area contributed by atoms with E-state index in [9.17, 15) is 18.8 Å². The van der Waals surface area contributed by atoms with Crippen molar-refractivity contribution in [1.29, 1.82) is 0 Å². The lowest BCUT2D eigenvalue weighted by molar-refractivity contribution is -0.135. The lowest BCUT2D eigenvalue weighted by Gasteiger charge is -2.39. The van der Waals surface area contributed by atoms with E-state index in [1.54, 1.807) is 23.7 Å². The summed E-state index contributed by atoms with van der Waals surface area (Å²) in [5.74, 6) is -0.626. The topological polar surface area (TPSA) is 87.5 Å². The van der Waals surface area contributed by atoms with Crippen LogP contribution in [0.4, 0.5) is 9.18 Å². The Hall–Kier alpha value is -3.23. The van der Waals surface area contributed by atoms with Gasteiger partial charge in [-0.3, -0.25) is 19.2 Å². The van der Waals surface area contributed by atoms with Crippen LogP contribution in [0.2, 0.25) is 0 Å². The SMILES string of the molecule is Cc1ccn(CCC(=O)N2CCC([C@]3(C)NC(=O)N(Cc4ccc(F)cc4)C3=O)CC2)n1. The molecule has 0 saturated carbocycles. The quantitative estimate of drug-likeness (QED) is 0.698. The van der Waals surface area contributed by atoms with E-state index < -0.39 is 11.6 Å². The first-order valence-electron chi connectivity index (χ1n) is 10.9. The summed E-state index contributed by atoms with van der Waals surface area (Å²) in [5, 5.41) is 7.18. The van der Waals surface area contributed by atoms with Gasteiger partial charge < -0.3 is 10.2 Å². The Morgan fingerprint density at radius 1 is 1.19 bits per heavy atom. The number of halogens is 1. The second kappa shape index (κ2) is 8.72. The van der Waals surface area contributed by atoms with Gasteiger partial charge in [-0.1, -0.05) is 12.1 Å². The van der Waals surface area contributed by atoms with Crippen LogP contribution in [0.25, 0.3) is 0 Å². The van der Waals surface area contributed by atoms with Crippen molar-refractivity contribution in [3.05, 3.63) is 53.6 Å². The average Bonchev–Trinajstić information content (AvgIpc) is 3.30. The van der Waals surface area contributed by atoms with Crippen LogP contribution in [-0.2, 0) is 22.7 Å². The van der Waals surface area contributed by atoms with E-state index in [4.69, 9.17) is 0 Å². The molecule has 8 nitrogen and oxygen atoms in total. The van der Waals surface area contributed by atoms with Gasteiger partial charge in [0.05, 0.1) is 12.2 Å². The summed E-state index contributed by atoms with van der Waals surface area (Å²) in [6.07, 6.45) is 3.52. The third-order valence-corrected chi connectivity index (χ3v) is 6.55. The Kier molecular flexibility index (Phi) is 5.99. The molecule has 1 N–H and O–H groups in total. The number of hydrogen-bond donors (Lipinski definition) is 1. The number of nitrogens with zero attached hydrogens (tertiary/aromatic N) is 4. The van der Waals surface area contributed by atoms with E-state index in [0.29, 0.717) is 44.5 Å². The highest BCUT2D eigenvalue weighted by Gasteiger charge is 2.52. The number of rotatable bonds is 6. The first kappa shape index (κ1) is 22.0. The number of urea groups is 1. The number of amides is 4. The number of nitrogens with one attached hydrogen (secondary N) is 1. The van der Waals surface area contributed by atoms with Gasteiger partial charge in [0, 0.05) is 32.3 Å². The Morgan fingerprint density at radius 2 is 1.88 bits per heavy atom. The molecule has 2 aliphatic rings. The Balaban J connectivity index is 1.33. The molecule has 32 heavy (non-hydrogen) atoms. The van der Waals surface area contributed by atoms with Gasteiger partial charge in [-0.25, -0.2) is 9.18 Å². The number of likely N-dealkylation sites (tertiary alicyclic amines) is 1. The highest BCUT2D eigenvalue weighted by Crippen LogP contribution is 2.34. The molecule has 0 aliphatic carbocycles. The minimum absolute atomic E-state index is 0.0602. The number of carbonyl (C=O) groups is 3. The number of aryl methyl sites for hydroxylation is 2. The molecule has 0 radical (unpaired) electrons. The molecule has 170 valence electrons. The number of carbonyl (C=O) groups excluding carboxylic acids is 3. The zero-order valence-corrected chi connectivity index (χ0v) is 18.4. The highest BCUT2D eigenvalue weighted by molar-refractivity contribution is 6.07. The number of benzene rings is 1. The molecule has 0 unspecified atom stereocenters. The van der Waals surface area contributed by atoms with Gasteiger partial charge in [0.1, 0.15) is 11.4 Å². The summed E-state index contributed by atoms with van der Waals surface area (Å²) < 4.78 is 14.9. The minimum Gasteiger partial charge on any atom is -0.343 e. The molecule has 1 atom stereocenters. The summed E-state index contributed by atoms with van der Waals surface area (Å²) >= 11 is 0. The number of piperidine rings is 1. The average molecular weight is 442 g/mol. The fraction of sp³-hybridized carbons (Fsp3) is 0.478. The van der Waals surface area contributed by atoms with Gasteiger partial charge in [-0.2, -0.15) is 5.10 Å². The van der Waals surface area contributed by atoms with Gasteiger partial charge in [-0.15, -0.1) is 0 Å². The first-order valence-corrected chi connectivity index (χ1v) is 10.9. The molecule has 9 heteroatoms. The molecular formula is C23H28FN5O3. The van der Waals surface area contributed by atoms with Crippen LogP contribution in [0.3, 0.4) is 0 Å². The van der Waals surface area contributed by atoms with E-state index in [1.807, 2.05) is 24.1 Å². The van der Waals surface area contributed by atoms with E-state index in [0.717, 1.165) is 5.69 Å². The van der Waals surface area contributed by atoms with E-state index in [2.05, 4.69) is 10.4 Å². The largest absolute Gasteiger partial charge is 0.343 e. The molecule has 2 saturated heterocycles. The monoisotopic (exact) mass is 441 g/mol. The van der Waals surface area contributed by atoms with Gasteiger partial charge >= 0.3 is 6.03 Å². The van der Waals surface area contributed by atoms with Crippen LogP contribution in [0.1, 0.15) is 37.4 Å². The van der Waals surface area contributed by atoms with Gasteiger partial charge in [0.25, 0.3) is 5.91 Å².